The van der Waals surface area contributed by atoms with Crippen LogP contribution in [-0.4, -0.2) is 39.4 Å². The Bertz CT molecular complexity index is 448. The number of carbonyl (C=O) groups excluding carboxylic acids is 1. The van der Waals surface area contributed by atoms with E-state index in [1.807, 2.05) is 0 Å². The largest absolute Gasteiger partial charge is 0.340 e. The maximum atomic E-state index is 11.9. The molecule has 0 unspecified atom stereocenters. The van der Waals surface area contributed by atoms with Crippen LogP contribution in [0.2, 0.25) is 0 Å². The Kier molecular flexibility index (Phi) is 3.61. The molecule has 1 aliphatic carbocycles. The van der Waals surface area contributed by atoms with Crippen molar-refractivity contribution in [1.29, 1.82) is 0 Å². The van der Waals surface area contributed by atoms with Gasteiger partial charge in [-0.05, 0) is 24.8 Å². The Labute approximate surface area is 107 Å². The number of nitrogens with zero attached hydrogens (tertiary/aromatic N) is 2. The molecule has 1 aromatic rings. The predicted molar refractivity (Wildman–Crippen MR) is 67.3 cm³/mol. The lowest BCUT2D eigenvalue weighted by atomic mass is 9.85. The van der Waals surface area contributed by atoms with Crippen molar-refractivity contribution >= 4 is 21.8 Å². The number of carbonyl (C=O) groups is 1. The Balaban J connectivity index is 1.94. The lowest BCUT2D eigenvalue weighted by molar-refractivity contribution is 0.0741. The standard InChI is InChI=1S/C11H14BrN3O2/c1-15(6-7-4-8(12)5-7)11(17)9-2-3-10(16)14-13-9/h2-3,7-8H,4-6H2,1H3,(H,14,16). The summed E-state index contributed by atoms with van der Waals surface area (Å²) in [4.78, 5) is 25.0. The van der Waals surface area contributed by atoms with Crippen LogP contribution in [0.3, 0.4) is 0 Å². The third kappa shape index (κ3) is 2.94. The first-order valence-electron chi connectivity index (χ1n) is 5.51. The van der Waals surface area contributed by atoms with Crippen molar-refractivity contribution in [2.45, 2.75) is 17.7 Å². The van der Waals surface area contributed by atoms with Crippen molar-refractivity contribution in [1.82, 2.24) is 15.1 Å². The SMILES string of the molecule is CN(CC1CC(Br)C1)C(=O)c1ccc(=O)[nH]n1. The van der Waals surface area contributed by atoms with Crippen LogP contribution in [-0.2, 0) is 0 Å². The maximum absolute atomic E-state index is 11.9. The molecule has 0 atom stereocenters. The van der Waals surface area contributed by atoms with Crippen molar-refractivity contribution in [2.75, 3.05) is 13.6 Å². The number of H-pyrrole nitrogens is 1. The van der Waals surface area contributed by atoms with Crippen molar-refractivity contribution in [3.8, 4) is 0 Å². The highest BCUT2D eigenvalue weighted by Crippen LogP contribution is 2.33. The van der Waals surface area contributed by atoms with E-state index in [1.165, 1.54) is 12.1 Å². The monoisotopic (exact) mass is 299 g/mol. The average molecular weight is 300 g/mol. The summed E-state index contributed by atoms with van der Waals surface area (Å²) >= 11 is 3.52. The number of aromatic amines is 1. The van der Waals surface area contributed by atoms with E-state index in [-0.39, 0.29) is 17.2 Å². The summed E-state index contributed by atoms with van der Waals surface area (Å²) in [6.07, 6.45) is 2.22. The molecular formula is C11H14BrN3O2. The first-order valence-corrected chi connectivity index (χ1v) is 6.43. The van der Waals surface area contributed by atoms with Crippen molar-refractivity contribution in [3.63, 3.8) is 0 Å². The summed E-state index contributed by atoms with van der Waals surface area (Å²) in [6, 6.07) is 2.76. The molecule has 0 radical (unpaired) electrons. The molecule has 1 aromatic heterocycles. The molecule has 0 bridgehead atoms. The second-order valence-corrected chi connectivity index (χ2v) is 5.72. The fourth-order valence-corrected chi connectivity index (χ4v) is 2.99. The van der Waals surface area contributed by atoms with Gasteiger partial charge in [-0.25, -0.2) is 5.10 Å². The number of halogens is 1. The van der Waals surface area contributed by atoms with E-state index in [1.54, 1.807) is 11.9 Å². The molecular weight excluding hydrogens is 286 g/mol. The Morgan fingerprint density at radius 1 is 1.59 bits per heavy atom. The van der Waals surface area contributed by atoms with E-state index in [0.717, 1.165) is 19.4 Å². The molecule has 1 saturated carbocycles. The molecule has 1 aliphatic rings. The van der Waals surface area contributed by atoms with Crippen LogP contribution in [0.5, 0.6) is 0 Å². The smallest absolute Gasteiger partial charge is 0.274 e. The molecule has 17 heavy (non-hydrogen) atoms. The van der Waals surface area contributed by atoms with Gasteiger partial charge >= 0.3 is 0 Å². The zero-order valence-corrected chi connectivity index (χ0v) is 11.1. The van der Waals surface area contributed by atoms with Crippen LogP contribution < -0.4 is 5.56 Å². The third-order valence-corrected chi connectivity index (χ3v) is 3.70. The summed E-state index contributed by atoms with van der Waals surface area (Å²) in [5.41, 5.74) is -0.0212. The number of alkyl halides is 1. The van der Waals surface area contributed by atoms with Gasteiger partial charge in [0, 0.05) is 24.5 Å². The second-order valence-electron chi connectivity index (χ2n) is 4.43. The highest BCUT2D eigenvalue weighted by atomic mass is 79.9. The van der Waals surface area contributed by atoms with Gasteiger partial charge in [0.05, 0.1) is 0 Å². The number of nitrogens with one attached hydrogen (secondary N) is 1. The van der Waals surface area contributed by atoms with E-state index >= 15 is 0 Å². The molecule has 0 aliphatic heterocycles. The molecule has 6 heteroatoms. The number of hydrogen-bond donors (Lipinski definition) is 1. The number of hydrogen-bond acceptors (Lipinski definition) is 3. The van der Waals surface area contributed by atoms with E-state index in [2.05, 4.69) is 26.1 Å². The van der Waals surface area contributed by atoms with Crippen LogP contribution in [0.1, 0.15) is 23.3 Å². The number of rotatable bonds is 3. The van der Waals surface area contributed by atoms with Crippen LogP contribution >= 0.6 is 15.9 Å². The highest BCUT2D eigenvalue weighted by Gasteiger charge is 2.29. The van der Waals surface area contributed by atoms with Gasteiger partial charge in [0.25, 0.3) is 11.5 Å². The molecule has 1 amide bonds. The van der Waals surface area contributed by atoms with Gasteiger partial charge in [-0.3, -0.25) is 9.59 Å². The van der Waals surface area contributed by atoms with Crippen LogP contribution in [0.15, 0.2) is 16.9 Å². The minimum Gasteiger partial charge on any atom is -0.340 e. The Hall–Kier alpha value is -1.17. The molecule has 0 aromatic carbocycles. The minimum atomic E-state index is -0.301. The molecule has 1 N–H and O–H groups in total. The predicted octanol–water partition coefficient (Wildman–Crippen LogP) is 1.02. The summed E-state index contributed by atoms with van der Waals surface area (Å²) in [6.45, 7) is 0.738. The summed E-state index contributed by atoms with van der Waals surface area (Å²) < 4.78 is 0. The lowest BCUT2D eigenvalue weighted by Crippen LogP contribution is -2.38. The van der Waals surface area contributed by atoms with Gasteiger partial charge in [0.1, 0.15) is 5.69 Å². The van der Waals surface area contributed by atoms with E-state index < -0.39 is 0 Å². The third-order valence-electron chi connectivity index (χ3n) is 2.96. The molecule has 0 spiro atoms. The topological polar surface area (TPSA) is 66.1 Å². The fraction of sp³-hybridized carbons (Fsp3) is 0.545. The quantitative estimate of drug-likeness (QED) is 0.847. The first-order chi connectivity index (χ1) is 8.06. The van der Waals surface area contributed by atoms with Crippen LogP contribution in [0, 0.1) is 5.92 Å². The van der Waals surface area contributed by atoms with Crippen molar-refractivity contribution in [2.24, 2.45) is 5.92 Å². The Morgan fingerprint density at radius 2 is 2.29 bits per heavy atom. The summed E-state index contributed by atoms with van der Waals surface area (Å²) in [5.74, 6) is 0.412. The summed E-state index contributed by atoms with van der Waals surface area (Å²) in [5, 5.41) is 5.99. The maximum Gasteiger partial charge on any atom is 0.274 e. The normalized spacial score (nSPS) is 22.9. The molecule has 0 saturated heterocycles. The van der Waals surface area contributed by atoms with Crippen molar-refractivity contribution in [3.05, 3.63) is 28.2 Å². The van der Waals surface area contributed by atoms with Crippen LogP contribution in [0.25, 0.3) is 0 Å². The zero-order valence-electron chi connectivity index (χ0n) is 9.52. The van der Waals surface area contributed by atoms with Gasteiger partial charge in [0.2, 0.25) is 0 Å². The summed E-state index contributed by atoms with van der Waals surface area (Å²) in [7, 11) is 1.76. The molecule has 5 nitrogen and oxygen atoms in total. The lowest BCUT2D eigenvalue weighted by Gasteiger charge is -2.34. The molecule has 1 heterocycles. The van der Waals surface area contributed by atoms with Gasteiger partial charge in [-0.1, -0.05) is 15.9 Å². The number of aromatic nitrogens is 2. The van der Waals surface area contributed by atoms with E-state index in [4.69, 9.17) is 0 Å². The van der Waals surface area contributed by atoms with E-state index in [9.17, 15) is 9.59 Å². The average Bonchev–Trinajstić information content (AvgIpc) is 2.27. The molecule has 1 fully saturated rings. The van der Waals surface area contributed by atoms with E-state index in [0.29, 0.717) is 10.7 Å². The first kappa shape index (κ1) is 12.3. The van der Waals surface area contributed by atoms with Gasteiger partial charge in [-0.15, -0.1) is 0 Å². The van der Waals surface area contributed by atoms with Crippen molar-refractivity contribution < 1.29 is 4.79 Å². The highest BCUT2D eigenvalue weighted by molar-refractivity contribution is 9.09. The molecule has 2 rings (SSSR count). The van der Waals surface area contributed by atoms with Crippen LogP contribution in [0.4, 0.5) is 0 Å². The van der Waals surface area contributed by atoms with Gasteiger partial charge in [-0.2, -0.15) is 5.10 Å². The number of amides is 1. The molecule has 92 valence electrons. The second kappa shape index (κ2) is 5.00. The minimum absolute atomic E-state index is 0.153. The Morgan fingerprint density at radius 3 is 2.82 bits per heavy atom. The zero-order chi connectivity index (χ0) is 12.4. The van der Waals surface area contributed by atoms with Gasteiger partial charge in [0.15, 0.2) is 0 Å². The fourth-order valence-electron chi connectivity index (χ4n) is 1.93. The van der Waals surface area contributed by atoms with Gasteiger partial charge < -0.3 is 4.90 Å².